The lowest BCUT2D eigenvalue weighted by atomic mass is 9.94. The minimum absolute atomic E-state index is 0.0788. The first kappa shape index (κ1) is 18.9. The van der Waals surface area contributed by atoms with Crippen molar-refractivity contribution in [3.05, 3.63) is 77.7 Å². The molecule has 3 aromatic rings. The third-order valence-corrected chi connectivity index (χ3v) is 6.86. The van der Waals surface area contributed by atoms with Crippen molar-refractivity contribution in [2.24, 2.45) is 0 Å². The molecule has 146 valence electrons. The Kier molecular flexibility index (Phi) is 5.33. The van der Waals surface area contributed by atoms with Gasteiger partial charge in [0.2, 0.25) is 0 Å². The number of hydrogen-bond donors (Lipinski definition) is 2. The van der Waals surface area contributed by atoms with E-state index in [-0.39, 0.29) is 23.4 Å². The summed E-state index contributed by atoms with van der Waals surface area (Å²) in [4.78, 5) is 3.02. The lowest BCUT2D eigenvalue weighted by molar-refractivity contribution is 0.515. The summed E-state index contributed by atoms with van der Waals surface area (Å²) in [7, 11) is -3.29. The molecule has 1 aromatic heterocycles. The molecular formula is C22H23FN2O2S. The summed E-state index contributed by atoms with van der Waals surface area (Å²) < 4.78 is 38.9. The molecule has 2 N–H and O–H groups in total. The van der Waals surface area contributed by atoms with Crippen LogP contribution in [0.15, 0.2) is 60.8 Å². The monoisotopic (exact) mass is 398 g/mol. The molecule has 0 saturated carbocycles. The van der Waals surface area contributed by atoms with Crippen LogP contribution >= 0.6 is 0 Å². The van der Waals surface area contributed by atoms with Crippen LogP contribution in [0.1, 0.15) is 24.0 Å². The van der Waals surface area contributed by atoms with E-state index in [1.54, 1.807) is 12.3 Å². The molecule has 0 bridgehead atoms. The number of aromatic amines is 1. The van der Waals surface area contributed by atoms with Gasteiger partial charge in [-0.3, -0.25) is 0 Å². The second-order valence-electron chi connectivity index (χ2n) is 7.29. The zero-order valence-electron chi connectivity index (χ0n) is 15.5. The highest BCUT2D eigenvalue weighted by atomic mass is 32.2. The van der Waals surface area contributed by atoms with E-state index in [1.807, 2.05) is 18.2 Å². The number of fused-ring (bicyclic) bond motifs is 1. The zero-order valence-corrected chi connectivity index (χ0v) is 16.3. The van der Waals surface area contributed by atoms with E-state index in [9.17, 15) is 12.8 Å². The number of benzene rings is 2. The number of sulfone groups is 1. The maximum atomic E-state index is 13.5. The Bertz CT molecular complexity index is 1100. The summed E-state index contributed by atoms with van der Waals surface area (Å²) in [6.07, 6.45) is 5.21. The van der Waals surface area contributed by atoms with Crippen molar-refractivity contribution >= 4 is 26.3 Å². The van der Waals surface area contributed by atoms with Crippen molar-refractivity contribution in [3.8, 4) is 0 Å². The fraction of sp³-hybridized carbons (Fsp3) is 0.273. The van der Waals surface area contributed by atoms with Gasteiger partial charge in [-0.1, -0.05) is 36.4 Å². The summed E-state index contributed by atoms with van der Waals surface area (Å²) in [5.74, 6) is -0.336. The van der Waals surface area contributed by atoms with Crippen LogP contribution in [-0.4, -0.2) is 31.7 Å². The largest absolute Gasteiger partial charge is 0.361 e. The second-order valence-corrected chi connectivity index (χ2v) is 9.47. The van der Waals surface area contributed by atoms with Gasteiger partial charge in [0.05, 0.1) is 11.5 Å². The summed E-state index contributed by atoms with van der Waals surface area (Å²) in [5, 5.41) is 4.02. The van der Waals surface area contributed by atoms with Crippen molar-refractivity contribution in [2.45, 2.75) is 24.6 Å². The molecule has 0 aliphatic carbocycles. The quantitative estimate of drug-likeness (QED) is 0.658. The van der Waals surface area contributed by atoms with Gasteiger partial charge in [0.25, 0.3) is 0 Å². The zero-order chi connectivity index (χ0) is 19.6. The summed E-state index contributed by atoms with van der Waals surface area (Å²) in [5.41, 5.74) is 3.82. The van der Waals surface area contributed by atoms with Crippen LogP contribution in [-0.2, 0) is 15.6 Å². The molecule has 2 heterocycles. The number of halogens is 1. The number of aromatic nitrogens is 1. The van der Waals surface area contributed by atoms with E-state index in [2.05, 4.69) is 28.5 Å². The molecule has 0 amide bonds. The van der Waals surface area contributed by atoms with Gasteiger partial charge in [-0.05, 0) is 47.7 Å². The molecule has 1 aliphatic rings. The van der Waals surface area contributed by atoms with Crippen molar-refractivity contribution < 1.29 is 12.8 Å². The second kappa shape index (κ2) is 7.89. The van der Waals surface area contributed by atoms with Crippen molar-refractivity contribution in [1.29, 1.82) is 0 Å². The molecule has 1 aliphatic heterocycles. The normalized spacial score (nSPS) is 17.6. The van der Waals surface area contributed by atoms with E-state index < -0.39 is 9.84 Å². The highest BCUT2D eigenvalue weighted by Gasteiger charge is 2.21. The summed E-state index contributed by atoms with van der Waals surface area (Å²) >= 11 is 0. The Labute approximate surface area is 164 Å². The van der Waals surface area contributed by atoms with Gasteiger partial charge in [0.15, 0.2) is 9.84 Å². The van der Waals surface area contributed by atoms with E-state index in [1.165, 1.54) is 23.3 Å². The maximum Gasteiger partial charge on any atom is 0.154 e. The van der Waals surface area contributed by atoms with E-state index in [4.69, 9.17) is 0 Å². The van der Waals surface area contributed by atoms with Gasteiger partial charge in [-0.2, -0.15) is 0 Å². The number of nitrogens with one attached hydrogen (secondary N) is 2. The molecule has 4 nitrogen and oxygen atoms in total. The van der Waals surface area contributed by atoms with Gasteiger partial charge < -0.3 is 10.3 Å². The van der Waals surface area contributed by atoms with Crippen LogP contribution in [0.25, 0.3) is 16.5 Å². The Balaban J connectivity index is 1.40. The number of hydrogen-bond acceptors (Lipinski definition) is 3. The minimum atomic E-state index is -3.29. The molecule has 1 atom stereocenters. The van der Waals surface area contributed by atoms with Gasteiger partial charge in [0.1, 0.15) is 5.82 Å². The van der Waals surface area contributed by atoms with Crippen LogP contribution in [0.5, 0.6) is 0 Å². The van der Waals surface area contributed by atoms with Crippen LogP contribution in [0, 0.1) is 5.82 Å². The fourth-order valence-electron chi connectivity index (χ4n) is 3.76. The number of H-pyrrole nitrogens is 1. The molecular weight excluding hydrogens is 375 g/mol. The highest BCUT2D eigenvalue weighted by Crippen LogP contribution is 2.25. The first-order valence-corrected chi connectivity index (χ1v) is 11.3. The van der Waals surface area contributed by atoms with E-state index in [0.29, 0.717) is 17.4 Å². The van der Waals surface area contributed by atoms with Crippen molar-refractivity contribution in [2.75, 3.05) is 12.3 Å². The molecule has 6 heteroatoms. The van der Waals surface area contributed by atoms with Crippen LogP contribution in [0.3, 0.4) is 0 Å². The van der Waals surface area contributed by atoms with Crippen LogP contribution < -0.4 is 5.32 Å². The smallest absolute Gasteiger partial charge is 0.154 e. The molecule has 0 fully saturated rings. The Morgan fingerprint density at radius 3 is 2.75 bits per heavy atom. The molecule has 1 unspecified atom stereocenters. The summed E-state index contributed by atoms with van der Waals surface area (Å²) in [6.45, 7) is 0.747. The lowest BCUT2D eigenvalue weighted by Gasteiger charge is -2.24. The van der Waals surface area contributed by atoms with Gasteiger partial charge in [-0.15, -0.1) is 0 Å². The number of rotatable bonds is 6. The van der Waals surface area contributed by atoms with Gasteiger partial charge >= 0.3 is 0 Å². The Morgan fingerprint density at radius 1 is 1.11 bits per heavy atom. The predicted molar refractivity (Wildman–Crippen MR) is 111 cm³/mol. The molecule has 2 aromatic carbocycles. The third-order valence-electron chi connectivity index (χ3n) is 5.25. The highest BCUT2D eigenvalue weighted by molar-refractivity contribution is 7.90. The van der Waals surface area contributed by atoms with E-state index >= 15 is 0 Å². The predicted octanol–water partition coefficient (Wildman–Crippen LogP) is 4.06. The average molecular weight is 399 g/mol. The topological polar surface area (TPSA) is 62.0 Å². The minimum Gasteiger partial charge on any atom is -0.361 e. The first-order valence-electron chi connectivity index (χ1n) is 9.44. The van der Waals surface area contributed by atoms with Crippen LogP contribution in [0.4, 0.5) is 4.39 Å². The lowest BCUT2D eigenvalue weighted by Crippen LogP contribution is -2.34. The van der Waals surface area contributed by atoms with Gasteiger partial charge in [-0.25, -0.2) is 12.8 Å². The SMILES string of the molecule is O=S(=O)(CCC1CC(c2ccccc2)=CCN1)Cc1c[nH]c2ccc(F)cc12. The maximum absolute atomic E-state index is 13.5. The molecule has 4 rings (SSSR count). The summed E-state index contributed by atoms with van der Waals surface area (Å²) in [6, 6.07) is 14.7. The van der Waals surface area contributed by atoms with Crippen LogP contribution in [0.2, 0.25) is 0 Å². The molecule has 0 saturated heterocycles. The molecule has 0 spiro atoms. The first-order chi connectivity index (χ1) is 13.5. The average Bonchev–Trinajstić information content (AvgIpc) is 3.09. The van der Waals surface area contributed by atoms with E-state index in [0.717, 1.165) is 18.5 Å². The fourth-order valence-corrected chi connectivity index (χ4v) is 5.26. The Morgan fingerprint density at radius 2 is 1.93 bits per heavy atom. The standard InChI is InChI=1S/C22H23FN2O2S/c23-19-6-7-22-21(13-19)18(14-25-22)15-28(26,27)11-9-20-12-17(8-10-24-20)16-4-2-1-3-5-16/h1-8,13-14,20,24-25H,9-12,15H2. The Hall–Kier alpha value is -2.44. The third kappa shape index (κ3) is 4.34. The van der Waals surface area contributed by atoms with Gasteiger partial charge in [0, 0.05) is 29.7 Å². The van der Waals surface area contributed by atoms with Crippen molar-refractivity contribution in [3.63, 3.8) is 0 Å². The molecule has 28 heavy (non-hydrogen) atoms. The van der Waals surface area contributed by atoms with Crippen molar-refractivity contribution in [1.82, 2.24) is 10.3 Å². The molecule has 0 radical (unpaired) electrons.